The van der Waals surface area contributed by atoms with E-state index in [4.69, 9.17) is 4.42 Å². The third-order valence-electron chi connectivity index (χ3n) is 4.79. The minimum atomic E-state index is -0.160. The van der Waals surface area contributed by atoms with Crippen LogP contribution in [0, 0.1) is 20.8 Å². The van der Waals surface area contributed by atoms with Gasteiger partial charge in [0.05, 0.1) is 11.6 Å². The van der Waals surface area contributed by atoms with E-state index in [-0.39, 0.29) is 11.8 Å². The molecule has 0 saturated carbocycles. The molecule has 1 aliphatic heterocycles. The van der Waals surface area contributed by atoms with Crippen molar-refractivity contribution in [3.05, 3.63) is 40.6 Å². The molecule has 23 heavy (non-hydrogen) atoms. The van der Waals surface area contributed by atoms with Gasteiger partial charge in [-0.2, -0.15) is 5.10 Å². The monoisotopic (exact) mass is 315 g/mol. The van der Waals surface area contributed by atoms with Gasteiger partial charge in [0.15, 0.2) is 0 Å². The topological polar surface area (TPSA) is 62.1 Å². The number of aromatic amines is 1. The predicted octanol–water partition coefficient (Wildman–Crippen LogP) is 3.44. The summed E-state index contributed by atoms with van der Waals surface area (Å²) in [7, 11) is 0. The molecule has 1 aliphatic rings. The molecule has 0 aliphatic carbocycles. The van der Waals surface area contributed by atoms with Gasteiger partial charge < -0.3 is 9.32 Å². The molecule has 1 amide bonds. The van der Waals surface area contributed by atoms with Gasteiger partial charge in [-0.15, -0.1) is 0 Å². The van der Waals surface area contributed by atoms with Gasteiger partial charge in [-0.25, -0.2) is 0 Å². The quantitative estimate of drug-likeness (QED) is 0.944. The van der Waals surface area contributed by atoms with Crippen molar-refractivity contribution >= 4 is 5.91 Å². The van der Waals surface area contributed by atoms with E-state index >= 15 is 0 Å². The summed E-state index contributed by atoms with van der Waals surface area (Å²) in [6.07, 6.45) is 2.12. The third kappa shape index (κ3) is 3.19. The van der Waals surface area contributed by atoms with Crippen molar-refractivity contribution in [3.8, 4) is 0 Å². The van der Waals surface area contributed by atoms with Gasteiger partial charge in [-0.3, -0.25) is 9.89 Å². The van der Waals surface area contributed by atoms with E-state index in [0.29, 0.717) is 5.92 Å². The largest absolute Gasteiger partial charge is 0.466 e. The SMILES string of the molecule is Cc1cc(C2CCCN(C(=O)C(C)c3cc(C)oc3C)C2)n[nH]1. The number of rotatable bonds is 3. The molecule has 2 aromatic rings. The minimum absolute atomic E-state index is 0.160. The summed E-state index contributed by atoms with van der Waals surface area (Å²) in [6, 6.07) is 4.07. The number of H-pyrrole nitrogens is 1. The lowest BCUT2D eigenvalue weighted by atomic mass is 9.92. The number of likely N-dealkylation sites (tertiary alicyclic amines) is 1. The van der Waals surface area contributed by atoms with Crippen LogP contribution in [-0.2, 0) is 4.79 Å². The zero-order valence-corrected chi connectivity index (χ0v) is 14.3. The fourth-order valence-electron chi connectivity index (χ4n) is 3.55. The van der Waals surface area contributed by atoms with Crippen molar-refractivity contribution in [2.45, 2.75) is 52.4 Å². The molecule has 2 aromatic heterocycles. The molecule has 1 N–H and O–H groups in total. The Hall–Kier alpha value is -2.04. The lowest BCUT2D eigenvalue weighted by Gasteiger charge is -2.33. The molecule has 5 nitrogen and oxygen atoms in total. The van der Waals surface area contributed by atoms with Crippen LogP contribution in [0.3, 0.4) is 0 Å². The highest BCUT2D eigenvalue weighted by molar-refractivity contribution is 5.83. The summed E-state index contributed by atoms with van der Waals surface area (Å²) in [4.78, 5) is 14.9. The predicted molar refractivity (Wildman–Crippen MR) is 88.5 cm³/mol. The number of carbonyl (C=O) groups is 1. The van der Waals surface area contributed by atoms with Crippen molar-refractivity contribution in [2.24, 2.45) is 0 Å². The summed E-state index contributed by atoms with van der Waals surface area (Å²) in [5, 5.41) is 7.38. The van der Waals surface area contributed by atoms with Gasteiger partial charge in [-0.05, 0) is 52.7 Å². The maximum Gasteiger partial charge on any atom is 0.229 e. The highest BCUT2D eigenvalue weighted by Gasteiger charge is 2.30. The summed E-state index contributed by atoms with van der Waals surface area (Å²) < 4.78 is 5.58. The smallest absolute Gasteiger partial charge is 0.229 e. The Balaban J connectivity index is 1.73. The second-order valence-electron chi connectivity index (χ2n) is 6.69. The molecule has 3 rings (SSSR count). The van der Waals surface area contributed by atoms with Crippen LogP contribution in [0.5, 0.6) is 0 Å². The molecule has 124 valence electrons. The number of amides is 1. The Morgan fingerprint density at radius 1 is 1.39 bits per heavy atom. The molecule has 5 heteroatoms. The second kappa shape index (κ2) is 6.22. The molecular weight excluding hydrogens is 290 g/mol. The number of aryl methyl sites for hydroxylation is 3. The van der Waals surface area contributed by atoms with Crippen molar-refractivity contribution in [2.75, 3.05) is 13.1 Å². The van der Waals surface area contributed by atoms with Crippen molar-refractivity contribution in [3.63, 3.8) is 0 Å². The first-order valence-corrected chi connectivity index (χ1v) is 8.33. The van der Waals surface area contributed by atoms with Crippen LogP contribution in [0.25, 0.3) is 0 Å². The summed E-state index contributed by atoms with van der Waals surface area (Å²) in [5.41, 5.74) is 3.15. The maximum absolute atomic E-state index is 12.9. The molecule has 2 unspecified atom stereocenters. The molecular formula is C18H25N3O2. The van der Waals surface area contributed by atoms with E-state index in [1.807, 2.05) is 38.7 Å². The first-order chi connectivity index (χ1) is 11.0. The lowest BCUT2D eigenvalue weighted by molar-refractivity contribution is -0.133. The number of nitrogens with zero attached hydrogens (tertiary/aromatic N) is 2. The van der Waals surface area contributed by atoms with Gasteiger partial charge >= 0.3 is 0 Å². The Kier molecular flexibility index (Phi) is 4.28. The van der Waals surface area contributed by atoms with Gasteiger partial charge in [0.2, 0.25) is 5.91 Å². The van der Waals surface area contributed by atoms with Gasteiger partial charge in [0, 0.05) is 30.3 Å². The number of furan rings is 1. The minimum Gasteiger partial charge on any atom is -0.466 e. The number of piperidine rings is 1. The zero-order valence-electron chi connectivity index (χ0n) is 14.3. The third-order valence-corrected chi connectivity index (χ3v) is 4.79. The van der Waals surface area contributed by atoms with Crippen LogP contribution in [0.2, 0.25) is 0 Å². The zero-order chi connectivity index (χ0) is 16.6. The highest BCUT2D eigenvalue weighted by Crippen LogP contribution is 2.30. The summed E-state index contributed by atoms with van der Waals surface area (Å²) in [5.74, 6) is 2.07. The number of hydrogen-bond acceptors (Lipinski definition) is 3. The van der Waals surface area contributed by atoms with E-state index in [9.17, 15) is 4.79 Å². The molecule has 0 spiro atoms. The van der Waals surface area contributed by atoms with Crippen LogP contribution in [-0.4, -0.2) is 34.1 Å². The Morgan fingerprint density at radius 2 is 2.17 bits per heavy atom. The average molecular weight is 315 g/mol. The van der Waals surface area contributed by atoms with E-state index in [1.165, 1.54) is 0 Å². The Labute approximate surface area is 137 Å². The Morgan fingerprint density at radius 3 is 2.78 bits per heavy atom. The van der Waals surface area contributed by atoms with Crippen LogP contribution < -0.4 is 0 Å². The number of hydrogen-bond donors (Lipinski definition) is 1. The fourth-order valence-corrected chi connectivity index (χ4v) is 3.55. The van der Waals surface area contributed by atoms with Crippen LogP contribution in [0.1, 0.15) is 60.1 Å². The molecule has 3 heterocycles. The average Bonchev–Trinajstić information content (AvgIpc) is 3.11. The molecule has 0 aromatic carbocycles. The number of nitrogens with one attached hydrogen (secondary N) is 1. The van der Waals surface area contributed by atoms with Crippen LogP contribution in [0.15, 0.2) is 16.5 Å². The van der Waals surface area contributed by atoms with E-state index in [2.05, 4.69) is 16.3 Å². The van der Waals surface area contributed by atoms with E-state index in [1.54, 1.807) is 0 Å². The molecule has 1 saturated heterocycles. The van der Waals surface area contributed by atoms with Crippen molar-refractivity contribution < 1.29 is 9.21 Å². The highest BCUT2D eigenvalue weighted by atomic mass is 16.3. The second-order valence-corrected chi connectivity index (χ2v) is 6.69. The van der Waals surface area contributed by atoms with Crippen LogP contribution >= 0.6 is 0 Å². The van der Waals surface area contributed by atoms with Crippen molar-refractivity contribution in [1.82, 2.24) is 15.1 Å². The van der Waals surface area contributed by atoms with Crippen LogP contribution in [0.4, 0.5) is 0 Å². The standard InChI is InChI=1S/C18H25N3O2/c1-11-8-17(20-19-11)15-6-5-7-21(10-15)18(22)13(3)16-9-12(2)23-14(16)4/h8-9,13,15H,5-7,10H2,1-4H3,(H,19,20). The summed E-state index contributed by atoms with van der Waals surface area (Å²) >= 11 is 0. The van der Waals surface area contributed by atoms with E-state index in [0.717, 1.165) is 54.4 Å². The Bertz CT molecular complexity index is 701. The molecule has 0 bridgehead atoms. The van der Waals surface area contributed by atoms with Crippen molar-refractivity contribution in [1.29, 1.82) is 0 Å². The maximum atomic E-state index is 12.9. The van der Waals surface area contributed by atoms with Gasteiger partial charge in [-0.1, -0.05) is 0 Å². The number of carbonyl (C=O) groups excluding carboxylic acids is 1. The van der Waals surface area contributed by atoms with Gasteiger partial charge in [0.25, 0.3) is 0 Å². The molecule has 0 radical (unpaired) electrons. The normalized spacial score (nSPS) is 19.8. The lowest BCUT2D eigenvalue weighted by Crippen LogP contribution is -2.41. The fraction of sp³-hybridized carbons (Fsp3) is 0.556. The summed E-state index contributed by atoms with van der Waals surface area (Å²) in [6.45, 7) is 9.42. The van der Waals surface area contributed by atoms with Gasteiger partial charge in [0.1, 0.15) is 11.5 Å². The first-order valence-electron chi connectivity index (χ1n) is 8.33. The van der Waals surface area contributed by atoms with E-state index < -0.39 is 0 Å². The number of aromatic nitrogens is 2. The first kappa shape index (κ1) is 15.8. The molecule has 2 atom stereocenters. The molecule has 1 fully saturated rings.